The fourth-order valence-electron chi connectivity index (χ4n) is 3.28. The maximum absolute atomic E-state index is 3.81. The Morgan fingerprint density at radius 3 is 2.20 bits per heavy atom. The molecule has 1 aliphatic rings. The molecular weight excluding hydrogens is 246 g/mol. The smallest absolute Gasteiger partial charge is 0.0217 e. The van der Waals surface area contributed by atoms with Crippen LogP contribution in [0.4, 0.5) is 0 Å². The van der Waals surface area contributed by atoms with Crippen molar-refractivity contribution in [2.75, 3.05) is 40.3 Å². The summed E-state index contributed by atoms with van der Waals surface area (Å²) in [5.41, 5.74) is 0. The zero-order valence-electron chi connectivity index (χ0n) is 14.7. The number of nitrogens with one attached hydrogen (secondary N) is 1. The van der Waals surface area contributed by atoms with Crippen LogP contribution in [0.5, 0.6) is 0 Å². The highest BCUT2D eigenvalue weighted by Crippen LogP contribution is 2.20. The molecule has 3 nitrogen and oxygen atoms in total. The summed E-state index contributed by atoms with van der Waals surface area (Å²) in [4.78, 5) is 4.95. The third kappa shape index (κ3) is 6.11. The van der Waals surface area contributed by atoms with E-state index in [9.17, 15) is 0 Å². The number of piperidine rings is 1. The monoisotopic (exact) mass is 283 g/mol. The fourth-order valence-corrected chi connectivity index (χ4v) is 3.28. The highest BCUT2D eigenvalue weighted by molar-refractivity contribution is 4.81. The molecule has 0 spiro atoms. The lowest BCUT2D eigenvalue weighted by molar-refractivity contribution is 0.161. The second-order valence-electron chi connectivity index (χ2n) is 7.22. The SMILES string of the molecule is CCN1CCC(C(C)NCC(CC(C)C)N(C)C)CC1. The molecule has 0 amide bonds. The van der Waals surface area contributed by atoms with Gasteiger partial charge in [0, 0.05) is 18.6 Å². The summed E-state index contributed by atoms with van der Waals surface area (Å²) in [7, 11) is 4.41. The lowest BCUT2D eigenvalue weighted by Crippen LogP contribution is -2.46. The first-order chi connectivity index (χ1) is 9.43. The maximum atomic E-state index is 3.81. The lowest BCUT2D eigenvalue weighted by atomic mass is 9.90. The number of hydrogen-bond acceptors (Lipinski definition) is 3. The van der Waals surface area contributed by atoms with Gasteiger partial charge in [0.05, 0.1) is 0 Å². The van der Waals surface area contributed by atoms with Crippen LogP contribution in [0.25, 0.3) is 0 Å². The van der Waals surface area contributed by atoms with E-state index in [4.69, 9.17) is 0 Å². The highest BCUT2D eigenvalue weighted by Gasteiger charge is 2.23. The van der Waals surface area contributed by atoms with Crippen molar-refractivity contribution in [1.82, 2.24) is 15.1 Å². The standard InChI is InChI=1S/C17H37N3/c1-7-20-10-8-16(9-11-20)15(4)18-13-17(19(5)6)12-14(2)3/h14-18H,7-13H2,1-6H3. The molecule has 0 aromatic rings. The van der Waals surface area contributed by atoms with Gasteiger partial charge < -0.3 is 15.1 Å². The summed E-state index contributed by atoms with van der Waals surface area (Å²) in [6, 6.07) is 1.32. The molecule has 1 saturated heterocycles. The summed E-state index contributed by atoms with van der Waals surface area (Å²) in [6.07, 6.45) is 4.00. The summed E-state index contributed by atoms with van der Waals surface area (Å²) in [5.74, 6) is 1.63. The van der Waals surface area contributed by atoms with Gasteiger partial charge in [0.1, 0.15) is 0 Å². The van der Waals surface area contributed by atoms with Gasteiger partial charge in [0.25, 0.3) is 0 Å². The van der Waals surface area contributed by atoms with Gasteiger partial charge in [0.2, 0.25) is 0 Å². The Morgan fingerprint density at radius 2 is 1.75 bits per heavy atom. The zero-order chi connectivity index (χ0) is 15.1. The van der Waals surface area contributed by atoms with Crippen molar-refractivity contribution in [3.63, 3.8) is 0 Å². The molecule has 2 atom stereocenters. The molecule has 1 heterocycles. The minimum atomic E-state index is 0.656. The number of nitrogens with zero attached hydrogens (tertiary/aromatic N) is 2. The van der Waals surface area contributed by atoms with E-state index in [1.165, 1.54) is 38.9 Å². The number of likely N-dealkylation sites (tertiary alicyclic amines) is 1. The van der Waals surface area contributed by atoms with Crippen molar-refractivity contribution in [1.29, 1.82) is 0 Å². The Kier molecular flexibility index (Phi) is 8.08. The summed E-state index contributed by atoms with van der Waals surface area (Å²) in [5, 5.41) is 3.81. The van der Waals surface area contributed by atoms with Crippen LogP contribution in [0.1, 0.15) is 47.0 Å². The third-order valence-electron chi connectivity index (χ3n) is 4.94. The molecule has 0 saturated carbocycles. The number of rotatable bonds is 8. The number of hydrogen-bond donors (Lipinski definition) is 1. The molecule has 1 aliphatic heterocycles. The lowest BCUT2D eigenvalue weighted by Gasteiger charge is -2.36. The van der Waals surface area contributed by atoms with Gasteiger partial charge in [0.15, 0.2) is 0 Å². The normalized spacial score (nSPS) is 21.6. The first-order valence-electron chi connectivity index (χ1n) is 8.56. The van der Waals surface area contributed by atoms with Crippen LogP contribution in [0.3, 0.4) is 0 Å². The molecule has 3 heteroatoms. The molecule has 20 heavy (non-hydrogen) atoms. The molecule has 0 aromatic heterocycles. The van der Waals surface area contributed by atoms with E-state index in [1.807, 2.05) is 0 Å². The van der Waals surface area contributed by atoms with Crippen LogP contribution in [0.2, 0.25) is 0 Å². The molecule has 2 unspecified atom stereocenters. The van der Waals surface area contributed by atoms with Crippen molar-refractivity contribution in [3.8, 4) is 0 Å². The minimum absolute atomic E-state index is 0.656. The molecule has 1 fully saturated rings. The summed E-state index contributed by atoms with van der Waals surface area (Å²) in [6.45, 7) is 14.2. The van der Waals surface area contributed by atoms with Gasteiger partial charge >= 0.3 is 0 Å². The van der Waals surface area contributed by atoms with Crippen molar-refractivity contribution in [2.24, 2.45) is 11.8 Å². The Hall–Kier alpha value is -0.120. The second kappa shape index (κ2) is 9.01. The molecule has 1 N–H and O–H groups in total. The van der Waals surface area contributed by atoms with Gasteiger partial charge in [-0.25, -0.2) is 0 Å². The van der Waals surface area contributed by atoms with Crippen LogP contribution >= 0.6 is 0 Å². The zero-order valence-corrected chi connectivity index (χ0v) is 14.7. The molecule has 120 valence electrons. The topological polar surface area (TPSA) is 18.5 Å². The van der Waals surface area contributed by atoms with E-state index in [-0.39, 0.29) is 0 Å². The van der Waals surface area contributed by atoms with Gasteiger partial charge in [-0.2, -0.15) is 0 Å². The first kappa shape index (κ1) is 17.9. The molecule has 1 rings (SSSR count). The highest BCUT2D eigenvalue weighted by atomic mass is 15.1. The Morgan fingerprint density at radius 1 is 1.15 bits per heavy atom. The van der Waals surface area contributed by atoms with Crippen LogP contribution in [-0.2, 0) is 0 Å². The van der Waals surface area contributed by atoms with E-state index in [1.54, 1.807) is 0 Å². The average molecular weight is 284 g/mol. The molecule has 0 aromatic carbocycles. The van der Waals surface area contributed by atoms with Crippen LogP contribution in [0.15, 0.2) is 0 Å². The van der Waals surface area contributed by atoms with Crippen LogP contribution in [-0.4, -0.2) is 62.2 Å². The van der Waals surface area contributed by atoms with Crippen LogP contribution in [0, 0.1) is 11.8 Å². The van der Waals surface area contributed by atoms with Crippen molar-refractivity contribution in [2.45, 2.75) is 59.0 Å². The van der Waals surface area contributed by atoms with E-state index in [0.717, 1.165) is 18.4 Å². The Balaban J connectivity index is 2.32. The largest absolute Gasteiger partial charge is 0.312 e. The molecule has 0 aliphatic carbocycles. The van der Waals surface area contributed by atoms with Crippen molar-refractivity contribution >= 4 is 0 Å². The van der Waals surface area contributed by atoms with Crippen molar-refractivity contribution < 1.29 is 0 Å². The van der Waals surface area contributed by atoms with Crippen LogP contribution < -0.4 is 5.32 Å². The van der Waals surface area contributed by atoms with E-state index >= 15 is 0 Å². The Bertz CT molecular complexity index is 245. The predicted octanol–water partition coefficient (Wildman–Crippen LogP) is 2.67. The number of likely N-dealkylation sites (N-methyl/N-ethyl adjacent to an activating group) is 1. The summed E-state index contributed by atoms with van der Waals surface area (Å²) < 4.78 is 0. The second-order valence-corrected chi connectivity index (χ2v) is 7.22. The van der Waals surface area contributed by atoms with E-state index < -0.39 is 0 Å². The van der Waals surface area contributed by atoms with Crippen molar-refractivity contribution in [3.05, 3.63) is 0 Å². The summed E-state index contributed by atoms with van der Waals surface area (Å²) >= 11 is 0. The minimum Gasteiger partial charge on any atom is -0.312 e. The Labute approximate surface area is 127 Å². The molecular formula is C17H37N3. The van der Waals surface area contributed by atoms with Gasteiger partial charge in [-0.05, 0) is 71.8 Å². The quantitative estimate of drug-likeness (QED) is 0.739. The van der Waals surface area contributed by atoms with E-state index in [0.29, 0.717) is 12.1 Å². The first-order valence-corrected chi connectivity index (χ1v) is 8.56. The fraction of sp³-hybridized carbons (Fsp3) is 1.00. The molecule has 0 radical (unpaired) electrons. The van der Waals surface area contributed by atoms with E-state index in [2.05, 4.69) is 56.9 Å². The molecule has 0 bridgehead atoms. The van der Waals surface area contributed by atoms with Gasteiger partial charge in [-0.3, -0.25) is 0 Å². The maximum Gasteiger partial charge on any atom is 0.0217 e. The average Bonchev–Trinajstić information content (AvgIpc) is 2.42. The van der Waals surface area contributed by atoms with Gasteiger partial charge in [-0.1, -0.05) is 20.8 Å². The van der Waals surface area contributed by atoms with Gasteiger partial charge in [-0.15, -0.1) is 0 Å². The third-order valence-corrected chi connectivity index (χ3v) is 4.94. The predicted molar refractivity (Wildman–Crippen MR) is 89.2 cm³/mol.